The van der Waals surface area contributed by atoms with Gasteiger partial charge in [-0.15, -0.1) is 0 Å². The predicted octanol–water partition coefficient (Wildman–Crippen LogP) is 2.90. The summed E-state index contributed by atoms with van der Waals surface area (Å²) in [5, 5.41) is 10.1. The maximum atomic E-state index is 9.55. The van der Waals surface area contributed by atoms with Gasteiger partial charge in [0.15, 0.2) is 0 Å². The number of hydrogen-bond acceptors (Lipinski definition) is 3. The molecule has 0 fully saturated rings. The van der Waals surface area contributed by atoms with E-state index in [4.69, 9.17) is 22.1 Å². The molecule has 1 rings (SSSR count). The lowest BCUT2D eigenvalue weighted by Gasteiger charge is -2.17. The lowest BCUT2D eigenvalue weighted by Crippen LogP contribution is -2.21. The van der Waals surface area contributed by atoms with Crippen LogP contribution >= 0.6 is 11.6 Å². The highest BCUT2D eigenvalue weighted by atomic mass is 35.5. The van der Waals surface area contributed by atoms with E-state index in [9.17, 15) is 5.11 Å². The molecular formula is C13H20ClNO2. The smallest absolute Gasteiger partial charge is 0.137 e. The van der Waals surface area contributed by atoms with E-state index in [1.165, 1.54) is 0 Å². The van der Waals surface area contributed by atoms with Gasteiger partial charge in [-0.1, -0.05) is 17.7 Å². The molecule has 17 heavy (non-hydrogen) atoms. The van der Waals surface area contributed by atoms with Crippen LogP contribution in [0.25, 0.3) is 0 Å². The quantitative estimate of drug-likeness (QED) is 0.853. The summed E-state index contributed by atoms with van der Waals surface area (Å²) < 4.78 is 5.51. The largest absolute Gasteiger partial charge is 0.492 e. The Morgan fingerprint density at radius 2 is 2.12 bits per heavy atom. The van der Waals surface area contributed by atoms with Gasteiger partial charge in [-0.05, 0) is 38.5 Å². The van der Waals surface area contributed by atoms with Crippen LogP contribution in [0.2, 0.25) is 5.02 Å². The van der Waals surface area contributed by atoms with Crippen LogP contribution in [-0.2, 0) is 0 Å². The van der Waals surface area contributed by atoms with Gasteiger partial charge >= 0.3 is 0 Å². The highest BCUT2D eigenvalue weighted by Gasteiger charge is 2.13. The third kappa shape index (κ3) is 4.94. The first-order chi connectivity index (χ1) is 7.79. The Kier molecular flexibility index (Phi) is 4.80. The summed E-state index contributed by atoms with van der Waals surface area (Å²) in [6.45, 7) is 5.83. The Bertz CT molecular complexity index is 372. The fourth-order valence-corrected chi connectivity index (χ4v) is 1.57. The van der Waals surface area contributed by atoms with Crippen molar-refractivity contribution in [1.29, 1.82) is 0 Å². The summed E-state index contributed by atoms with van der Waals surface area (Å²) in [7, 11) is 0. The second kappa shape index (κ2) is 5.71. The fraction of sp³-hybridized carbons (Fsp3) is 0.538. The number of halogens is 1. The van der Waals surface area contributed by atoms with Gasteiger partial charge in [0.1, 0.15) is 5.75 Å². The first kappa shape index (κ1) is 14.3. The molecule has 0 aliphatic carbocycles. The minimum absolute atomic E-state index is 0.0436. The number of aliphatic hydroxyl groups is 1. The first-order valence-electron chi connectivity index (χ1n) is 5.70. The van der Waals surface area contributed by atoms with Gasteiger partial charge in [0.05, 0.1) is 17.2 Å². The zero-order chi connectivity index (χ0) is 13.1. The molecule has 0 aromatic heterocycles. The van der Waals surface area contributed by atoms with Gasteiger partial charge in [-0.25, -0.2) is 0 Å². The van der Waals surface area contributed by atoms with Gasteiger partial charge in [0, 0.05) is 12.5 Å². The Morgan fingerprint density at radius 3 is 2.59 bits per heavy atom. The van der Waals surface area contributed by atoms with Crippen molar-refractivity contribution >= 4 is 11.6 Å². The van der Waals surface area contributed by atoms with Crippen molar-refractivity contribution in [2.24, 2.45) is 5.73 Å². The number of benzene rings is 1. The number of ether oxygens (including phenoxy) is 1. The highest BCUT2D eigenvalue weighted by Crippen LogP contribution is 2.27. The first-order valence-corrected chi connectivity index (χ1v) is 6.07. The molecule has 3 nitrogen and oxygen atoms in total. The zero-order valence-corrected chi connectivity index (χ0v) is 11.3. The van der Waals surface area contributed by atoms with E-state index in [-0.39, 0.29) is 6.04 Å². The fourth-order valence-electron chi connectivity index (χ4n) is 1.33. The number of nitrogens with two attached hydrogens (primary N) is 1. The molecule has 4 heteroatoms. The van der Waals surface area contributed by atoms with Crippen LogP contribution in [0.5, 0.6) is 5.75 Å². The second-order valence-electron chi connectivity index (χ2n) is 4.89. The standard InChI is InChI=1S/C13H20ClNO2/c1-9(15)10-4-5-12(11(14)8-10)17-7-6-13(2,3)16/h4-5,8-9,16H,6-7,15H2,1-3H3. The van der Waals surface area contributed by atoms with Crippen molar-refractivity contribution < 1.29 is 9.84 Å². The topological polar surface area (TPSA) is 55.5 Å². The maximum Gasteiger partial charge on any atom is 0.137 e. The summed E-state index contributed by atoms with van der Waals surface area (Å²) in [5.41, 5.74) is 6.01. The van der Waals surface area contributed by atoms with Crippen LogP contribution in [0.15, 0.2) is 18.2 Å². The van der Waals surface area contributed by atoms with E-state index >= 15 is 0 Å². The van der Waals surface area contributed by atoms with Gasteiger partial charge in [0.25, 0.3) is 0 Å². The third-order valence-electron chi connectivity index (χ3n) is 2.45. The van der Waals surface area contributed by atoms with E-state index in [1.54, 1.807) is 13.8 Å². The van der Waals surface area contributed by atoms with Crippen LogP contribution in [0, 0.1) is 0 Å². The second-order valence-corrected chi connectivity index (χ2v) is 5.30. The van der Waals surface area contributed by atoms with E-state index in [1.807, 2.05) is 25.1 Å². The van der Waals surface area contributed by atoms with Crippen LogP contribution in [0.3, 0.4) is 0 Å². The van der Waals surface area contributed by atoms with E-state index in [2.05, 4.69) is 0 Å². The molecule has 1 unspecified atom stereocenters. The Hall–Kier alpha value is -0.770. The van der Waals surface area contributed by atoms with Crippen molar-refractivity contribution in [2.75, 3.05) is 6.61 Å². The third-order valence-corrected chi connectivity index (χ3v) is 2.75. The Morgan fingerprint density at radius 1 is 1.47 bits per heavy atom. The average Bonchev–Trinajstić information content (AvgIpc) is 2.18. The minimum Gasteiger partial charge on any atom is -0.492 e. The molecule has 96 valence electrons. The number of rotatable bonds is 5. The molecule has 1 aromatic carbocycles. The van der Waals surface area contributed by atoms with Crippen molar-refractivity contribution in [3.05, 3.63) is 28.8 Å². The minimum atomic E-state index is -0.724. The summed E-state index contributed by atoms with van der Waals surface area (Å²) in [4.78, 5) is 0. The molecule has 1 aromatic rings. The summed E-state index contributed by atoms with van der Waals surface area (Å²) in [6.07, 6.45) is 0.554. The monoisotopic (exact) mass is 257 g/mol. The van der Waals surface area contributed by atoms with Crippen LogP contribution in [0.4, 0.5) is 0 Å². The molecule has 0 radical (unpaired) electrons. The summed E-state index contributed by atoms with van der Waals surface area (Å²) in [5.74, 6) is 0.625. The molecule has 0 saturated heterocycles. The van der Waals surface area contributed by atoms with Crippen LogP contribution < -0.4 is 10.5 Å². The van der Waals surface area contributed by atoms with Gasteiger partial charge in [-0.2, -0.15) is 0 Å². The van der Waals surface area contributed by atoms with Crippen molar-refractivity contribution in [3.8, 4) is 5.75 Å². The molecule has 1 atom stereocenters. The lowest BCUT2D eigenvalue weighted by atomic mass is 10.1. The Labute approximate surface area is 108 Å². The van der Waals surface area contributed by atoms with Crippen molar-refractivity contribution in [3.63, 3.8) is 0 Å². The van der Waals surface area contributed by atoms with E-state index in [0.717, 1.165) is 5.56 Å². The van der Waals surface area contributed by atoms with Crippen LogP contribution in [0.1, 0.15) is 38.8 Å². The zero-order valence-electron chi connectivity index (χ0n) is 10.5. The maximum absolute atomic E-state index is 9.55. The molecule has 0 saturated carbocycles. The van der Waals surface area contributed by atoms with Crippen LogP contribution in [-0.4, -0.2) is 17.3 Å². The molecule has 0 amide bonds. The van der Waals surface area contributed by atoms with E-state index in [0.29, 0.717) is 23.8 Å². The van der Waals surface area contributed by atoms with Gasteiger partial charge in [-0.3, -0.25) is 0 Å². The molecular weight excluding hydrogens is 238 g/mol. The average molecular weight is 258 g/mol. The SMILES string of the molecule is CC(N)c1ccc(OCCC(C)(C)O)c(Cl)c1. The highest BCUT2D eigenvalue weighted by molar-refractivity contribution is 6.32. The predicted molar refractivity (Wildman–Crippen MR) is 70.5 cm³/mol. The summed E-state index contributed by atoms with van der Waals surface area (Å²) >= 11 is 6.08. The molecule has 0 aliphatic rings. The van der Waals surface area contributed by atoms with Gasteiger partial charge in [0.2, 0.25) is 0 Å². The van der Waals surface area contributed by atoms with E-state index < -0.39 is 5.60 Å². The lowest BCUT2D eigenvalue weighted by molar-refractivity contribution is 0.0553. The van der Waals surface area contributed by atoms with Crippen molar-refractivity contribution in [1.82, 2.24) is 0 Å². The molecule has 0 heterocycles. The van der Waals surface area contributed by atoms with Crippen molar-refractivity contribution in [2.45, 2.75) is 38.8 Å². The molecule has 0 aliphatic heterocycles. The molecule has 3 N–H and O–H groups in total. The summed E-state index contributed by atoms with van der Waals surface area (Å²) in [6, 6.07) is 5.48. The number of hydrogen-bond donors (Lipinski definition) is 2. The van der Waals surface area contributed by atoms with Gasteiger partial charge < -0.3 is 15.6 Å². The normalized spacial score (nSPS) is 13.5. The Balaban J connectivity index is 2.61. The molecule has 0 spiro atoms. The molecule has 0 bridgehead atoms.